The molecule has 0 spiro atoms. The quantitative estimate of drug-likeness (QED) is 0.470. The van der Waals surface area contributed by atoms with Crippen LogP contribution < -0.4 is 0 Å². The number of ether oxygens (including phenoxy) is 3. The molecule has 0 radical (unpaired) electrons. The van der Waals surface area contributed by atoms with Crippen molar-refractivity contribution in [3.05, 3.63) is 23.3 Å². The molecule has 1 saturated carbocycles. The van der Waals surface area contributed by atoms with Crippen molar-refractivity contribution in [3.8, 4) is 0 Å². The van der Waals surface area contributed by atoms with Gasteiger partial charge in [-0.3, -0.25) is 14.3 Å². The second kappa shape index (κ2) is 8.25. The van der Waals surface area contributed by atoms with Crippen LogP contribution in [0.25, 0.3) is 0 Å². The Morgan fingerprint density at radius 2 is 1.90 bits per heavy atom. The largest absolute Gasteiger partial charge is 0.435 e. The maximum Gasteiger partial charge on any atom is 0.305 e. The predicted octanol–water partition coefficient (Wildman–Crippen LogP) is 5.30. The van der Waals surface area contributed by atoms with Crippen molar-refractivity contribution in [3.63, 3.8) is 0 Å². The topological polar surface area (TPSA) is 61.8 Å². The number of fused-ring (bicyclic) bond motifs is 1. The highest BCUT2D eigenvalue weighted by Gasteiger charge is 2.52. The predicted molar refractivity (Wildman–Crippen MR) is 111 cm³/mol. The Bertz CT molecular complexity index is 723. The summed E-state index contributed by atoms with van der Waals surface area (Å²) in [5.74, 6) is 0.439. The van der Waals surface area contributed by atoms with E-state index in [4.69, 9.17) is 14.2 Å². The molecule has 29 heavy (non-hydrogen) atoms. The van der Waals surface area contributed by atoms with Crippen LogP contribution in [-0.2, 0) is 23.8 Å². The normalized spacial score (nSPS) is 40.9. The number of allylic oxidation sites excluding steroid dienone is 3. The molecule has 6 atom stereocenters. The first-order valence-electron chi connectivity index (χ1n) is 10.9. The summed E-state index contributed by atoms with van der Waals surface area (Å²) in [6.45, 7) is 12.3. The summed E-state index contributed by atoms with van der Waals surface area (Å²) >= 11 is 0. The van der Waals surface area contributed by atoms with E-state index in [1.54, 1.807) is 0 Å². The number of rotatable bonds is 4. The lowest BCUT2D eigenvalue weighted by Crippen LogP contribution is -2.49. The van der Waals surface area contributed by atoms with E-state index in [-0.39, 0.29) is 10.8 Å². The summed E-state index contributed by atoms with van der Waals surface area (Å²) in [6.07, 6.45) is 9.36. The Morgan fingerprint density at radius 1 is 1.21 bits per heavy atom. The van der Waals surface area contributed by atoms with E-state index in [1.165, 1.54) is 38.7 Å². The van der Waals surface area contributed by atoms with Gasteiger partial charge < -0.3 is 9.47 Å². The van der Waals surface area contributed by atoms with Crippen LogP contribution in [0, 0.1) is 22.7 Å². The maximum absolute atomic E-state index is 11.5. The molecular formula is C24H36O5. The zero-order valence-electron chi connectivity index (χ0n) is 18.7. The lowest BCUT2D eigenvalue weighted by atomic mass is 9.47. The highest BCUT2D eigenvalue weighted by Crippen LogP contribution is 2.61. The number of esters is 2. The zero-order valence-corrected chi connectivity index (χ0v) is 18.7. The Labute approximate surface area is 174 Å². The third-order valence-corrected chi connectivity index (χ3v) is 7.95. The monoisotopic (exact) mass is 404 g/mol. The van der Waals surface area contributed by atoms with Crippen LogP contribution in [-0.4, -0.2) is 24.5 Å². The number of hydrogen-bond donors (Lipinski definition) is 0. The molecule has 162 valence electrons. The molecule has 2 aliphatic carbocycles. The van der Waals surface area contributed by atoms with Crippen molar-refractivity contribution in [2.45, 2.75) is 92.6 Å². The second-order valence-corrected chi connectivity index (χ2v) is 9.68. The summed E-state index contributed by atoms with van der Waals surface area (Å²) in [5.41, 5.74) is 2.86. The maximum atomic E-state index is 11.5. The molecule has 0 bridgehead atoms. The average molecular weight is 405 g/mol. The van der Waals surface area contributed by atoms with Gasteiger partial charge in [-0.25, -0.2) is 0 Å². The molecule has 2 unspecified atom stereocenters. The van der Waals surface area contributed by atoms with Crippen LogP contribution in [0.2, 0.25) is 0 Å². The number of hydrogen-bond acceptors (Lipinski definition) is 5. The zero-order chi connectivity index (χ0) is 21.4. The molecule has 5 heteroatoms. The number of carbonyl (C=O) groups excluding carboxylic acids is 2. The summed E-state index contributed by atoms with van der Waals surface area (Å²) < 4.78 is 16.2. The van der Waals surface area contributed by atoms with Gasteiger partial charge in [0, 0.05) is 25.8 Å². The van der Waals surface area contributed by atoms with Crippen LogP contribution in [0.15, 0.2) is 23.3 Å². The summed E-state index contributed by atoms with van der Waals surface area (Å²) in [6, 6.07) is 0. The van der Waals surface area contributed by atoms with Crippen LogP contribution in [0.4, 0.5) is 0 Å². The van der Waals surface area contributed by atoms with Gasteiger partial charge in [0.15, 0.2) is 0 Å². The van der Waals surface area contributed by atoms with Gasteiger partial charge >= 0.3 is 11.9 Å². The highest BCUT2D eigenvalue weighted by molar-refractivity contribution is 5.67. The molecule has 3 aliphatic rings. The van der Waals surface area contributed by atoms with Crippen molar-refractivity contribution in [2.24, 2.45) is 22.7 Å². The van der Waals surface area contributed by atoms with Crippen LogP contribution >= 0.6 is 0 Å². The molecular weight excluding hydrogens is 368 g/mol. The first-order chi connectivity index (χ1) is 13.6. The minimum Gasteiger partial charge on any atom is -0.435 e. The van der Waals surface area contributed by atoms with Crippen LogP contribution in [0.1, 0.15) is 80.1 Å². The van der Waals surface area contributed by atoms with E-state index in [0.29, 0.717) is 18.3 Å². The standard InChI is InChI=1S/C24H36O5/c1-15-8-7-9-20-23(15,5)12-10-16(2)24(20,6)13-11-19-14-21(27-17(3)25)29-22(19)28-18(4)26/h8,11,16,20-22H,7,9-10,12-14H2,1-6H3/b19-11-/t16-,20+,21?,22?,23+,24+/m1/s1. The average Bonchev–Trinajstić information content (AvgIpc) is 2.98. The minimum atomic E-state index is -0.765. The Morgan fingerprint density at radius 3 is 2.55 bits per heavy atom. The summed E-state index contributed by atoms with van der Waals surface area (Å²) in [5, 5.41) is 0. The second-order valence-electron chi connectivity index (χ2n) is 9.68. The lowest BCUT2D eigenvalue weighted by Gasteiger charge is -2.58. The Kier molecular flexibility index (Phi) is 6.28. The summed E-state index contributed by atoms with van der Waals surface area (Å²) in [4.78, 5) is 22.8. The number of carbonyl (C=O) groups is 2. The molecule has 0 aromatic heterocycles. The van der Waals surface area contributed by atoms with Gasteiger partial charge in [0.05, 0.1) is 0 Å². The van der Waals surface area contributed by atoms with Gasteiger partial charge in [-0.1, -0.05) is 38.5 Å². The van der Waals surface area contributed by atoms with Crippen molar-refractivity contribution < 1.29 is 23.8 Å². The molecule has 5 nitrogen and oxygen atoms in total. The molecule has 0 amide bonds. The molecule has 2 fully saturated rings. The molecule has 1 aliphatic heterocycles. The van der Waals surface area contributed by atoms with Gasteiger partial charge in [0.25, 0.3) is 0 Å². The van der Waals surface area contributed by atoms with Crippen LogP contribution in [0.3, 0.4) is 0 Å². The Balaban J connectivity index is 1.83. The SMILES string of the molecule is CC(=O)OC1C/C(=C/C[C@@]2(C)[C@H](C)CC[C@@]3(C)C(C)=CCC[C@H]23)C(OC(C)=O)O1. The minimum absolute atomic E-state index is 0.163. The van der Waals surface area contributed by atoms with Gasteiger partial charge in [-0.05, 0) is 61.7 Å². The van der Waals surface area contributed by atoms with E-state index in [1.807, 2.05) is 0 Å². The molecule has 1 heterocycles. The van der Waals surface area contributed by atoms with E-state index >= 15 is 0 Å². The molecule has 0 aromatic rings. The third kappa shape index (κ3) is 4.30. The fraction of sp³-hybridized carbons (Fsp3) is 0.750. The van der Waals surface area contributed by atoms with Crippen LogP contribution in [0.5, 0.6) is 0 Å². The van der Waals surface area contributed by atoms with E-state index in [2.05, 4.69) is 39.8 Å². The third-order valence-electron chi connectivity index (χ3n) is 7.95. The fourth-order valence-corrected chi connectivity index (χ4v) is 5.86. The van der Waals surface area contributed by atoms with E-state index < -0.39 is 24.5 Å². The fourth-order valence-electron chi connectivity index (χ4n) is 5.86. The summed E-state index contributed by atoms with van der Waals surface area (Å²) in [7, 11) is 0. The molecule has 3 rings (SSSR count). The van der Waals surface area contributed by atoms with Crippen molar-refractivity contribution in [1.82, 2.24) is 0 Å². The van der Waals surface area contributed by atoms with Gasteiger partial charge in [0.1, 0.15) is 0 Å². The van der Waals surface area contributed by atoms with Gasteiger partial charge in [-0.15, -0.1) is 0 Å². The highest BCUT2D eigenvalue weighted by atomic mass is 16.8. The van der Waals surface area contributed by atoms with E-state index in [9.17, 15) is 9.59 Å². The van der Waals surface area contributed by atoms with Crippen molar-refractivity contribution >= 4 is 11.9 Å². The molecule has 1 saturated heterocycles. The molecule has 0 N–H and O–H groups in total. The van der Waals surface area contributed by atoms with Gasteiger partial charge in [-0.2, -0.15) is 0 Å². The van der Waals surface area contributed by atoms with E-state index in [0.717, 1.165) is 18.4 Å². The van der Waals surface area contributed by atoms with Crippen molar-refractivity contribution in [2.75, 3.05) is 0 Å². The van der Waals surface area contributed by atoms with Crippen molar-refractivity contribution in [1.29, 1.82) is 0 Å². The first-order valence-corrected chi connectivity index (χ1v) is 10.9. The first kappa shape index (κ1) is 22.1. The van der Waals surface area contributed by atoms with Gasteiger partial charge in [0.2, 0.25) is 12.6 Å². The smallest absolute Gasteiger partial charge is 0.305 e. The molecule has 0 aromatic carbocycles. The Hall–Kier alpha value is -1.62. The lowest BCUT2D eigenvalue weighted by molar-refractivity contribution is -0.204.